The molecule has 34 heavy (non-hydrogen) atoms. The third kappa shape index (κ3) is 5.02. The van der Waals surface area contributed by atoms with Crippen LogP contribution in [0.4, 0.5) is 4.39 Å². The van der Waals surface area contributed by atoms with Crippen LogP contribution in [0.1, 0.15) is 12.5 Å². The van der Waals surface area contributed by atoms with Crippen LogP contribution in [-0.4, -0.2) is 30.1 Å². The van der Waals surface area contributed by atoms with Crippen LogP contribution in [0.3, 0.4) is 0 Å². The lowest BCUT2D eigenvalue weighted by atomic mass is 10.0. The topological polar surface area (TPSA) is 45.5 Å². The molecule has 0 saturated carbocycles. The largest absolute Gasteiger partial charge is 0.496 e. The van der Waals surface area contributed by atoms with Gasteiger partial charge in [-0.3, -0.25) is 0 Å². The number of hydrogen-bond acceptors (Lipinski definition) is 4. The van der Waals surface area contributed by atoms with Gasteiger partial charge in [-0.1, -0.05) is 59.6 Å². The monoisotopic (exact) mass is 480 g/mol. The number of benzene rings is 3. The van der Waals surface area contributed by atoms with Gasteiger partial charge in [-0.05, 0) is 43.7 Å². The molecule has 5 nitrogen and oxygen atoms in total. The average molecular weight is 481 g/mol. The summed E-state index contributed by atoms with van der Waals surface area (Å²) in [5.74, 6) is 0.914. The molecule has 3 aromatic carbocycles. The van der Waals surface area contributed by atoms with Crippen molar-refractivity contribution in [1.29, 1.82) is 0 Å². The second-order valence-corrected chi connectivity index (χ2v) is 8.09. The average Bonchev–Trinajstić information content (AvgIpc) is 3.15. The van der Waals surface area contributed by atoms with Gasteiger partial charge in [0.2, 0.25) is 11.7 Å². The fourth-order valence-corrected chi connectivity index (χ4v) is 3.97. The number of methoxy groups -OCH3 is 1. The molecular weight excluding hydrogens is 455 g/mol. The Morgan fingerprint density at radius 2 is 1.76 bits per heavy atom. The lowest BCUT2D eigenvalue weighted by Gasteiger charge is -2.12. The van der Waals surface area contributed by atoms with E-state index >= 15 is 4.39 Å². The summed E-state index contributed by atoms with van der Waals surface area (Å²) in [5.41, 5.74) is 3.85. The zero-order valence-corrected chi connectivity index (χ0v) is 20.1. The first-order chi connectivity index (χ1) is 16.5. The van der Waals surface area contributed by atoms with E-state index in [1.54, 1.807) is 7.11 Å². The summed E-state index contributed by atoms with van der Waals surface area (Å²) in [6, 6.07) is 20.9. The highest BCUT2D eigenvalue weighted by molar-refractivity contribution is 6.32. The molecule has 0 atom stereocenters. The zero-order valence-electron chi connectivity index (χ0n) is 19.3. The summed E-state index contributed by atoms with van der Waals surface area (Å²) in [7, 11) is 1.64. The third-order valence-corrected chi connectivity index (χ3v) is 5.63. The molecule has 4 rings (SSSR count). The second-order valence-electron chi connectivity index (χ2n) is 7.69. The molecule has 1 aromatic heterocycles. The molecule has 0 aliphatic carbocycles. The van der Waals surface area contributed by atoms with Gasteiger partial charge in [0.05, 0.1) is 25.3 Å². The predicted molar refractivity (Wildman–Crippen MR) is 132 cm³/mol. The highest BCUT2D eigenvalue weighted by Gasteiger charge is 2.21. The normalized spacial score (nSPS) is 10.9. The maximum Gasteiger partial charge on any atom is 0.249 e. The molecule has 0 fully saturated rings. The van der Waals surface area contributed by atoms with Gasteiger partial charge in [0.25, 0.3) is 0 Å². The summed E-state index contributed by atoms with van der Waals surface area (Å²) >= 11 is 6.49. The fourth-order valence-electron chi connectivity index (χ4n) is 3.74. The van der Waals surface area contributed by atoms with E-state index in [4.69, 9.17) is 25.8 Å². The van der Waals surface area contributed by atoms with E-state index in [1.807, 2.05) is 80.6 Å². The van der Waals surface area contributed by atoms with Crippen LogP contribution in [0.15, 0.2) is 66.7 Å². The highest BCUT2D eigenvalue weighted by Crippen LogP contribution is 2.35. The fraction of sp³-hybridized carbons (Fsp3) is 0.222. The van der Waals surface area contributed by atoms with Gasteiger partial charge < -0.3 is 14.2 Å². The Bertz CT molecular complexity index is 1290. The molecule has 0 unspecified atom stereocenters. The number of hydrogen-bond donors (Lipinski definition) is 0. The Hall–Kier alpha value is -3.51. The van der Waals surface area contributed by atoms with Gasteiger partial charge in [-0.2, -0.15) is 9.49 Å². The number of aromatic nitrogens is 2. The van der Waals surface area contributed by atoms with Crippen LogP contribution in [0.5, 0.6) is 17.4 Å². The Balaban J connectivity index is 1.50. The van der Waals surface area contributed by atoms with Crippen molar-refractivity contribution in [2.45, 2.75) is 20.4 Å². The van der Waals surface area contributed by atoms with Crippen molar-refractivity contribution in [2.75, 3.05) is 20.3 Å². The number of halogens is 2. The highest BCUT2D eigenvalue weighted by atomic mass is 35.5. The maximum atomic E-state index is 15.1. The quantitative estimate of drug-likeness (QED) is 0.264. The minimum Gasteiger partial charge on any atom is -0.496 e. The number of rotatable bonds is 9. The molecular formula is C27H26ClFN2O3. The number of ether oxygens (including phenoxy) is 3. The number of para-hydroxylation sites is 1. The molecule has 0 saturated heterocycles. The summed E-state index contributed by atoms with van der Waals surface area (Å²) in [6.07, 6.45) is 0. The van der Waals surface area contributed by atoms with Gasteiger partial charge in [0, 0.05) is 11.1 Å². The van der Waals surface area contributed by atoms with Gasteiger partial charge in [0.15, 0.2) is 0 Å². The number of nitrogens with zero attached hydrogens (tertiary/aromatic N) is 2. The van der Waals surface area contributed by atoms with E-state index in [0.717, 1.165) is 22.4 Å². The number of aryl methyl sites for hydroxylation is 1. The zero-order chi connectivity index (χ0) is 24.1. The molecule has 0 amide bonds. The van der Waals surface area contributed by atoms with Crippen molar-refractivity contribution in [3.63, 3.8) is 0 Å². The van der Waals surface area contributed by atoms with Crippen molar-refractivity contribution in [3.8, 4) is 39.8 Å². The van der Waals surface area contributed by atoms with Crippen molar-refractivity contribution < 1.29 is 18.6 Å². The Morgan fingerprint density at radius 1 is 0.941 bits per heavy atom. The first-order valence-corrected chi connectivity index (χ1v) is 11.4. The predicted octanol–water partition coefficient (Wildman–Crippen LogP) is 6.80. The van der Waals surface area contributed by atoms with Gasteiger partial charge >= 0.3 is 0 Å². The molecule has 0 aliphatic heterocycles. The second kappa shape index (κ2) is 10.6. The minimum absolute atomic E-state index is 0.0974. The standard InChI is InChI=1S/C27H26ClFN2O3/c1-4-33-27-25(29)26(20-9-7-8-18(2)16-20)30-31(27)14-15-34-24-13-12-19(17-22(24)28)21-10-5-6-11-23(21)32-3/h5-13,16-17H,4,14-15H2,1-3H3. The van der Waals surface area contributed by atoms with Crippen LogP contribution in [-0.2, 0) is 6.54 Å². The lowest BCUT2D eigenvalue weighted by molar-refractivity contribution is 0.253. The van der Waals surface area contributed by atoms with Crippen molar-refractivity contribution >= 4 is 11.6 Å². The minimum atomic E-state index is -0.480. The molecule has 0 radical (unpaired) electrons. The van der Waals surface area contributed by atoms with Crippen LogP contribution in [0.2, 0.25) is 5.02 Å². The Kier molecular flexibility index (Phi) is 7.38. The van der Waals surface area contributed by atoms with Crippen LogP contribution < -0.4 is 14.2 Å². The Labute approximate surface area is 203 Å². The lowest BCUT2D eigenvalue weighted by Crippen LogP contribution is -2.12. The molecule has 0 bridgehead atoms. The van der Waals surface area contributed by atoms with Gasteiger partial charge in [0.1, 0.15) is 23.8 Å². The molecule has 4 aromatic rings. The molecule has 1 heterocycles. The molecule has 0 N–H and O–H groups in total. The Morgan fingerprint density at radius 3 is 2.50 bits per heavy atom. The summed E-state index contributed by atoms with van der Waals surface area (Å²) in [6.45, 7) is 4.62. The molecule has 176 valence electrons. The van der Waals surface area contributed by atoms with Crippen molar-refractivity contribution in [1.82, 2.24) is 9.78 Å². The molecule has 7 heteroatoms. The van der Waals surface area contributed by atoms with E-state index in [-0.39, 0.29) is 18.2 Å². The first kappa shape index (κ1) is 23.6. The van der Waals surface area contributed by atoms with Gasteiger partial charge in [-0.15, -0.1) is 0 Å². The summed E-state index contributed by atoms with van der Waals surface area (Å²) in [4.78, 5) is 0. The first-order valence-electron chi connectivity index (χ1n) is 11.0. The molecule has 0 aliphatic rings. The smallest absolute Gasteiger partial charge is 0.249 e. The van der Waals surface area contributed by atoms with Crippen LogP contribution in [0.25, 0.3) is 22.4 Å². The summed E-state index contributed by atoms with van der Waals surface area (Å²) < 4.78 is 33.5. The van der Waals surface area contributed by atoms with E-state index in [1.165, 1.54) is 4.68 Å². The van der Waals surface area contributed by atoms with E-state index < -0.39 is 5.82 Å². The van der Waals surface area contributed by atoms with Crippen LogP contribution in [0, 0.1) is 12.7 Å². The third-order valence-electron chi connectivity index (χ3n) is 5.33. The van der Waals surface area contributed by atoms with Crippen molar-refractivity contribution in [2.24, 2.45) is 0 Å². The SMILES string of the molecule is CCOc1c(F)c(-c2cccc(C)c2)nn1CCOc1ccc(-c2ccccc2OC)cc1Cl. The molecule has 0 spiro atoms. The van der Waals surface area contributed by atoms with E-state index in [0.29, 0.717) is 29.5 Å². The summed E-state index contributed by atoms with van der Waals surface area (Å²) in [5, 5.41) is 4.93. The van der Waals surface area contributed by atoms with Crippen molar-refractivity contribution in [3.05, 3.63) is 83.1 Å². The maximum absolute atomic E-state index is 15.1. The van der Waals surface area contributed by atoms with E-state index in [9.17, 15) is 0 Å². The van der Waals surface area contributed by atoms with Crippen LogP contribution >= 0.6 is 11.6 Å². The van der Waals surface area contributed by atoms with Gasteiger partial charge in [-0.25, -0.2) is 4.68 Å². The van der Waals surface area contributed by atoms with E-state index in [2.05, 4.69) is 5.10 Å².